The van der Waals surface area contributed by atoms with E-state index in [1.54, 1.807) is 0 Å². The van der Waals surface area contributed by atoms with Gasteiger partial charge in [0.2, 0.25) is 5.91 Å². The summed E-state index contributed by atoms with van der Waals surface area (Å²) in [6.45, 7) is 4.63. The molecule has 0 bridgehead atoms. The number of nitrogens with zero attached hydrogens (tertiary/aromatic N) is 2. The molecule has 94 valence electrons. The van der Waals surface area contributed by atoms with Crippen molar-refractivity contribution in [3.05, 3.63) is 0 Å². The Kier molecular flexibility index (Phi) is 5.73. The van der Waals surface area contributed by atoms with Crippen molar-refractivity contribution in [3.8, 4) is 0 Å². The molecule has 0 aromatic rings. The summed E-state index contributed by atoms with van der Waals surface area (Å²) in [6, 6.07) is 0.304. The van der Waals surface area contributed by atoms with Crippen LogP contribution in [0.5, 0.6) is 0 Å². The number of likely N-dealkylation sites (N-methyl/N-ethyl adjacent to an activating group) is 2. The average molecular weight is 228 g/mol. The number of carbonyl (C=O) groups is 1. The molecule has 1 heterocycles. The molecule has 0 radical (unpaired) electrons. The van der Waals surface area contributed by atoms with Gasteiger partial charge in [0.05, 0.1) is 0 Å². The van der Waals surface area contributed by atoms with Crippen molar-refractivity contribution in [2.45, 2.75) is 12.5 Å². The third kappa shape index (κ3) is 5.44. The fraction of sp³-hybridized carbons (Fsp3) is 0.909. The van der Waals surface area contributed by atoms with Crippen LogP contribution in [0.25, 0.3) is 0 Å². The largest absolute Gasteiger partial charge is 0.355 e. The lowest BCUT2D eigenvalue weighted by molar-refractivity contribution is -0.121. The minimum Gasteiger partial charge on any atom is -0.355 e. The number of carbonyl (C=O) groups excluding carboxylic acids is 1. The number of hydrogen-bond acceptors (Lipinski definition) is 4. The summed E-state index contributed by atoms with van der Waals surface area (Å²) in [7, 11) is 6.10. The monoisotopic (exact) mass is 228 g/mol. The van der Waals surface area contributed by atoms with Gasteiger partial charge in [-0.15, -0.1) is 0 Å². The van der Waals surface area contributed by atoms with Crippen LogP contribution in [0.4, 0.5) is 0 Å². The molecule has 5 heteroatoms. The number of hydrogen-bond donors (Lipinski definition) is 2. The summed E-state index contributed by atoms with van der Waals surface area (Å²) in [5.41, 5.74) is 0. The van der Waals surface area contributed by atoms with Crippen LogP contribution in [0.3, 0.4) is 0 Å². The lowest BCUT2D eigenvalue weighted by atomic mass is 10.1. The van der Waals surface area contributed by atoms with Gasteiger partial charge in [0, 0.05) is 45.2 Å². The Labute approximate surface area is 98.2 Å². The predicted octanol–water partition coefficient (Wildman–Crippen LogP) is -1.04. The van der Waals surface area contributed by atoms with Crippen molar-refractivity contribution >= 4 is 5.91 Å². The predicted molar refractivity (Wildman–Crippen MR) is 65.5 cm³/mol. The molecule has 1 saturated heterocycles. The molecular formula is C11H24N4O. The summed E-state index contributed by atoms with van der Waals surface area (Å²) in [5.74, 6) is 0.148. The molecule has 0 aromatic carbocycles. The molecule has 1 aliphatic heterocycles. The summed E-state index contributed by atoms with van der Waals surface area (Å²) in [6.07, 6.45) is 0.581. The molecule has 0 spiro atoms. The first kappa shape index (κ1) is 13.4. The number of rotatable bonds is 5. The van der Waals surface area contributed by atoms with Crippen molar-refractivity contribution in [1.29, 1.82) is 0 Å². The van der Waals surface area contributed by atoms with Crippen molar-refractivity contribution in [3.63, 3.8) is 0 Å². The number of amides is 1. The highest BCUT2D eigenvalue weighted by atomic mass is 16.1. The van der Waals surface area contributed by atoms with E-state index in [-0.39, 0.29) is 5.91 Å². The first-order valence-electron chi connectivity index (χ1n) is 5.91. The minimum absolute atomic E-state index is 0.148. The quantitative estimate of drug-likeness (QED) is 0.631. The molecule has 2 N–H and O–H groups in total. The lowest BCUT2D eigenvalue weighted by Gasteiger charge is -2.30. The van der Waals surface area contributed by atoms with Crippen LogP contribution in [0.2, 0.25) is 0 Å². The van der Waals surface area contributed by atoms with Crippen LogP contribution < -0.4 is 10.6 Å². The van der Waals surface area contributed by atoms with Crippen LogP contribution in [0, 0.1) is 0 Å². The Hall–Kier alpha value is -0.650. The standard InChI is InChI=1S/C11H24N4O/c1-14(2)6-4-13-11(16)8-10-9-15(3)7-5-12-10/h10,12H,4-9H2,1-3H3,(H,13,16). The second kappa shape index (κ2) is 6.83. The van der Waals surface area contributed by atoms with E-state index < -0.39 is 0 Å². The van der Waals surface area contributed by atoms with Gasteiger partial charge in [0.1, 0.15) is 0 Å². The van der Waals surface area contributed by atoms with E-state index in [4.69, 9.17) is 0 Å². The Morgan fingerprint density at radius 2 is 2.31 bits per heavy atom. The molecule has 0 aromatic heterocycles. The molecule has 1 atom stereocenters. The highest BCUT2D eigenvalue weighted by molar-refractivity contribution is 5.76. The van der Waals surface area contributed by atoms with E-state index >= 15 is 0 Å². The van der Waals surface area contributed by atoms with Crippen LogP contribution in [-0.4, -0.2) is 75.6 Å². The maximum absolute atomic E-state index is 11.6. The van der Waals surface area contributed by atoms with Crippen molar-refractivity contribution in [2.24, 2.45) is 0 Å². The lowest BCUT2D eigenvalue weighted by Crippen LogP contribution is -2.50. The zero-order valence-corrected chi connectivity index (χ0v) is 10.6. The molecule has 1 aliphatic rings. The Bertz CT molecular complexity index is 220. The van der Waals surface area contributed by atoms with Gasteiger partial charge >= 0.3 is 0 Å². The van der Waals surface area contributed by atoms with Crippen molar-refractivity contribution < 1.29 is 4.79 Å². The number of nitrogens with one attached hydrogen (secondary N) is 2. The van der Waals surface area contributed by atoms with E-state index in [9.17, 15) is 4.79 Å². The molecule has 1 unspecified atom stereocenters. The third-order valence-corrected chi connectivity index (χ3v) is 2.77. The smallest absolute Gasteiger partial charge is 0.221 e. The van der Waals surface area contributed by atoms with Gasteiger partial charge in [-0.25, -0.2) is 0 Å². The molecule has 0 saturated carbocycles. The van der Waals surface area contributed by atoms with Gasteiger partial charge in [0.25, 0.3) is 0 Å². The van der Waals surface area contributed by atoms with Crippen LogP contribution in [-0.2, 0) is 4.79 Å². The van der Waals surface area contributed by atoms with Gasteiger partial charge in [-0.1, -0.05) is 0 Å². The van der Waals surface area contributed by atoms with E-state index in [0.29, 0.717) is 12.5 Å². The number of piperazine rings is 1. The Morgan fingerprint density at radius 3 is 2.94 bits per heavy atom. The van der Waals surface area contributed by atoms with E-state index in [0.717, 1.165) is 32.7 Å². The van der Waals surface area contributed by atoms with E-state index in [1.807, 2.05) is 14.1 Å². The average Bonchev–Trinajstić information content (AvgIpc) is 2.16. The van der Waals surface area contributed by atoms with Gasteiger partial charge in [-0.05, 0) is 21.1 Å². The molecule has 5 nitrogen and oxygen atoms in total. The molecule has 1 amide bonds. The fourth-order valence-corrected chi connectivity index (χ4v) is 1.84. The third-order valence-electron chi connectivity index (χ3n) is 2.77. The summed E-state index contributed by atoms with van der Waals surface area (Å²) in [4.78, 5) is 15.9. The first-order valence-corrected chi connectivity index (χ1v) is 5.91. The maximum Gasteiger partial charge on any atom is 0.221 e. The summed E-state index contributed by atoms with van der Waals surface area (Å²) in [5, 5.41) is 6.30. The SMILES string of the molecule is CN(C)CCNC(=O)CC1CN(C)CCN1. The van der Waals surface area contributed by atoms with Crippen LogP contribution in [0.15, 0.2) is 0 Å². The normalized spacial score (nSPS) is 22.4. The van der Waals surface area contributed by atoms with Gasteiger partial charge < -0.3 is 20.4 Å². The molecule has 16 heavy (non-hydrogen) atoms. The highest BCUT2D eigenvalue weighted by Gasteiger charge is 2.18. The summed E-state index contributed by atoms with van der Waals surface area (Å²) >= 11 is 0. The molecule has 1 fully saturated rings. The van der Waals surface area contributed by atoms with E-state index in [1.165, 1.54) is 0 Å². The topological polar surface area (TPSA) is 47.6 Å². The fourth-order valence-electron chi connectivity index (χ4n) is 1.84. The zero-order chi connectivity index (χ0) is 12.0. The second-order valence-corrected chi connectivity index (χ2v) is 4.77. The summed E-state index contributed by atoms with van der Waals surface area (Å²) < 4.78 is 0. The van der Waals surface area contributed by atoms with Gasteiger partial charge in [-0.2, -0.15) is 0 Å². The Morgan fingerprint density at radius 1 is 1.56 bits per heavy atom. The minimum atomic E-state index is 0.148. The maximum atomic E-state index is 11.6. The van der Waals surface area contributed by atoms with Gasteiger partial charge in [-0.3, -0.25) is 4.79 Å². The van der Waals surface area contributed by atoms with E-state index in [2.05, 4.69) is 27.5 Å². The second-order valence-electron chi connectivity index (χ2n) is 4.77. The highest BCUT2D eigenvalue weighted by Crippen LogP contribution is 2.00. The molecule has 0 aliphatic carbocycles. The van der Waals surface area contributed by atoms with Crippen LogP contribution >= 0.6 is 0 Å². The van der Waals surface area contributed by atoms with Crippen LogP contribution in [0.1, 0.15) is 6.42 Å². The van der Waals surface area contributed by atoms with Crippen molar-refractivity contribution in [1.82, 2.24) is 20.4 Å². The molecular weight excluding hydrogens is 204 g/mol. The first-order chi connectivity index (χ1) is 7.58. The molecule has 1 rings (SSSR count). The van der Waals surface area contributed by atoms with Gasteiger partial charge in [0.15, 0.2) is 0 Å². The van der Waals surface area contributed by atoms with Crippen molar-refractivity contribution in [2.75, 3.05) is 53.9 Å². The zero-order valence-electron chi connectivity index (χ0n) is 10.6. The Balaban J connectivity index is 2.13.